The van der Waals surface area contributed by atoms with Gasteiger partial charge in [-0.05, 0) is 25.2 Å². The molecule has 2 rings (SSSR count). The Morgan fingerprint density at radius 1 is 1.47 bits per heavy atom. The van der Waals surface area contributed by atoms with E-state index in [1.807, 2.05) is 4.90 Å². The van der Waals surface area contributed by atoms with Crippen LogP contribution in [0.25, 0.3) is 0 Å². The summed E-state index contributed by atoms with van der Waals surface area (Å²) in [4.78, 5) is 25.5. The molecule has 1 saturated heterocycles. The van der Waals surface area contributed by atoms with Gasteiger partial charge in [0.05, 0.1) is 18.6 Å². The van der Waals surface area contributed by atoms with Crippen molar-refractivity contribution in [1.29, 1.82) is 0 Å². The number of hydrogen-bond acceptors (Lipinski definition) is 4. The van der Waals surface area contributed by atoms with Crippen LogP contribution < -0.4 is 11.1 Å². The zero-order chi connectivity index (χ0) is 14.0. The first-order valence-electron chi connectivity index (χ1n) is 6.84. The van der Waals surface area contributed by atoms with Crippen molar-refractivity contribution in [2.45, 2.75) is 32.2 Å². The van der Waals surface area contributed by atoms with E-state index in [4.69, 9.17) is 5.73 Å². The van der Waals surface area contributed by atoms with Gasteiger partial charge in [0.2, 0.25) is 5.91 Å². The van der Waals surface area contributed by atoms with Crippen LogP contribution in [-0.4, -0.2) is 49.7 Å². The molecule has 0 aromatic heterocycles. The quantitative estimate of drug-likeness (QED) is 0.772. The second-order valence-electron chi connectivity index (χ2n) is 5.87. The van der Waals surface area contributed by atoms with E-state index < -0.39 is 6.09 Å². The number of hydrogen-bond donors (Lipinski definition) is 2. The average Bonchev–Trinajstić information content (AvgIpc) is 2.82. The van der Waals surface area contributed by atoms with E-state index in [9.17, 15) is 9.59 Å². The molecule has 19 heavy (non-hydrogen) atoms. The predicted molar refractivity (Wildman–Crippen MR) is 70.4 cm³/mol. The minimum atomic E-state index is -0.440. The van der Waals surface area contributed by atoms with E-state index in [1.54, 1.807) is 0 Å². The van der Waals surface area contributed by atoms with Crippen LogP contribution in [-0.2, 0) is 9.53 Å². The van der Waals surface area contributed by atoms with Gasteiger partial charge < -0.3 is 20.7 Å². The number of likely N-dealkylation sites (tertiary alicyclic amines) is 1. The number of amides is 2. The first-order chi connectivity index (χ1) is 9.00. The lowest BCUT2D eigenvalue weighted by molar-refractivity contribution is -0.148. The summed E-state index contributed by atoms with van der Waals surface area (Å²) >= 11 is 0. The minimum Gasteiger partial charge on any atom is -0.453 e. The lowest BCUT2D eigenvalue weighted by Crippen LogP contribution is -2.54. The Bertz CT molecular complexity index is 366. The number of nitrogens with one attached hydrogen (secondary N) is 1. The highest BCUT2D eigenvalue weighted by molar-refractivity contribution is 5.84. The van der Waals surface area contributed by atoms with E-state index in [0.29, 0.717) is 25.6 Å². The summed E-state index contributed by atoms with van der Waals surface area (Å²) in [6, 6.07) is -0.0104. The van der Waals surface area contributed by atoms with Gasteiger partial charge in [-0.1, -0.05) is 6.92 Å². The molecule has 0 aromatic rings. The lowest BCUT2D eigenvalue weighted by Gasteiger charge is -2.46. The first kappa shape index (κ1) is 14.1. The fourth-order valence-electron chi connectivity index (χ4n) is 3.33. The van der Waals surface area contributed by atoms with Crippen molar-refractivity contribution in [2.75, 3.05) is 26.7 Å². The molecule has 2 fully saturated rings. The summed E-state index contributed by atoms with van der Waals surface area (Å²) in [7, 11) is 1.34. The van der Waals surface area contributed by atoms with Crippen LogP contribution in [0.3, 0.4) is 0 Å². The molecule has 1 aliphatic carbocycles. The molecule has 3 N–H and O–H groups in total. The second kappa shape index (κ2) is 5.36. The summed E-state index contributed by atoms with van der Waals surface area (Å²) in [6.07, 6.45) is 2.10. The maximum absolute atomic E-state index is 12.5. The van der Waals surface area contributed by atoms with Gasteiger partial charge in [0.15, 0.2) is 0 Å². The molecule has 1 unspecified atom stereocenters. The van der Waals surface area contributed by atoms with Gasteiger partial charge in [0.25, 0.3) is 0 Å². The number of carbonyl (C=O) groups is 2. The Morgan fingerprint density at radius 2 is 2.16 bits per heavy atom. The lowest BCUT2D eigenvalue weighted by atomic mass is 9.62. The van der Waals surface area contributed by atoms with Gasteiger partial charge in [-0.25, -0.2) is 4.79 Å². The number of rotatable bonds is 3. The summed E-state index contributed by atoms with van der Waals surface area (Å²) in [6.45, 7) is 3.81. The SMILES string of the molecule is COC(=O)NC1CCN(C(=O)C2(CN)CC(C)C2)C1. The van der Waals surface area contributed by atoms with Crippen LogP contribution in [0.4, 0.5) is 4.79 Å². The molecule has 1 aliphatic heterocycles. The van der Waals surface area contributed by atoms with Crippen molar-refractivity contribution in [3.63, 3.8) is 0 Å². The third-order valence-electron chi connectivity index (χ3n) is 4.31. The fraction of sp³-hybridized carbons (Fsp3) is 0.846. The molecule has 0 spiro atoms. The Hall–Kier alpha value is -1.30. The molecule has 1 atom stereocenters. The number of nitrogens with two attached hydrogens (primary N) is 1. The standard InChI is InChI=1S/C13H23N3O3/c1-9-5-13(6-9,8-14)11(17)16-4-3-10(7-16)15-12(18)19-2/h9-10H,3-8,14H2,1-2H3,(H,15,18). The number of ether oxygens (including phenoxy) is 1. The van der Waals surface area contributed by atoms with Crippen molar-refractivity contribution in [3.05, 3.63) is 0 Å². The zero-order valence-corrected chi connectivity index (χ0v) is 11.6. The predicted octanol–water partition coefficient (Wildman–Crippen LogP) is 0.318. The van der Waals surface area contributed by atoms with Crippen molar-refractivity contribution in [1.82, 2.24) is 10.2 Å². The topological polar surface area (TPSA) is 84.7 Å². The van der Waals surface area contributed by atoms with E-state index >= 15 is 0 Å². The van der Waals surface area contributed by atoms with Gasteiger partial charge in [-0.3, -0.25) is 4.79 Å². The first-order valence-corrected chi connectivity index (χ1v) is 6.84. The van der Waals surface area contributed by atoms with E-state index in [2.05, 4.69) is 17.0 Å². The van der Waals surface area contributed by atoms with E-state index in [0.717, 1.165) is 19.3 Å². The molecule has 0 radical (unpaired) electrons. The van der Waals surface area contributed by atoms with E-state index in [1.165, 1.54) is 7.11 Å². The van der Waals surface area contributed by atoms with Gasteiger partial charge in [-0.2, -0.15) is 0 Å². The monoisotopic (exact) mass is 269 g/mol. The maximum atomic E-state index is 12.5. The van der Waals surface area contributed by atoms with Gasteiger partial charge in [-0.15, -0.1) is 0 Å². The number of nitrogens with zero attached hydrogens (tertiary/aromatic N) is 1. The molecule has 1 saturated carbocycles. The van der Waals surface area contributed by atoms with Gasteiger partial charge in [0, 0.05) is 19.6 Å². The normalized spacial score (nSPS) is 33.7. The summed E-state index contributed by atoms with van der Waals surface area (Å²) < 4.78 is 4.57. The Labute approximate surface area is 113 Å². The summed E-state index contributed by atoms with van der Waals surface area (Å²) in [5.74, 6) is 0.737. The van der Waals surface area contributed by atoms with Crippen molar-refractivity contribution >= 4 is 12.0 Å². The Kier molecular flexibility index (Phi) is 3.99. The molecule has 2 aliphatic rings. The molecule has 0 bridgehead atoms. The Morgan fingerprint density at radius 3 is 2.68 bits per heavy atom. The van der Waals surface area contributed by atoms with Crippen molar-refractivity contribution in [2.24, 2.45) is 17.1 Å². The average molecular weight is 269 g/mol. The zero-order valence-electron chi connectivity index (χ0n) is 11.6. The van der Waals surface area contributed by atoms with Crippen LogP contribution in [0.2, 0.25) is 0 Å². The fourth-order valence-corrected chi connectivity index (χ4v) is 3.33. The summed E-state index contributed by atoms with van der Waals surface area (Å²) in [5.41, 5.74) is 5.45. The number of carbonyl (C=O) groups excluding carboxylic acids is 2. The summed E-state index contributed by atoms with van der Waals surface area (Å²) in [5, 5.41) is 2.74. The molecule has 1 heterocycles. The smallest absolute Gasteiger partial charge is 0.407 e. The second-order valence-corrected chi connectivity index (χ2v) is 5.87. The van der Waals surface area contributed by atoms with Crippen LogP contribution in [0.15, 0.2) is 0 Å². The van der Waals surface area contributed by atoms with Gasteiger partial charge >= 0.3 is 6.09 Å². The maximum Gasteiger partial charge on any atom is 0.407 e. The Balaban J connectivity index is 1.90. The minimum absolute atomic E-state index is 0.0104. The number of alkyl carbamates (subject to hydrolysis) is 1. The third-order valence-corrected chi connectivity index (χ3v) is 4.31. The van der Waals surface area contributed by atoms with Gasteiger partial charge in [0.1, 0.15) is 0 Å². The molecule has 0 aromatic carbocycles. The highest BCUT2D eigenvalue weighted by atomic mass is 16.5. The van der Waals surface area contributed by atoms with Crippen LogP contribution in [0.5, 0.6) is 0 Å². The third kappa shape index (κ3) is 2.68. The molecule has 6 nitrogen and oxygen atoms in total. The molecular weight excluding hydrogens is 246 g/mol. The van der Waals surface area contributed by atoms with Crippen LogP contribution in [0.1, 0.15) is 26.2 Å². The van der Waals surface area contributed by atoms with E-state index in [-0.39, 0.29) is 17.4 Å². The largest absolute Gasteiger partial charge is 0.453 e. The van der Waals surface area contributed by atoms with Crippen molar-refractivity contribution in [3.8, 4) is 0 Å². The highest BCUT2D eigenvalue weighted by Crippen LogP contribution is 2.46. The molecule has 2 amide bonds. The molecular formula is C13H23N3O3. The van der Waals surface area contributed by atoms with Crippen LogP contribution >= 0.6 is 0 Å². The molecule has 6 heteroatoms. The van der Waals surface area contributed by atoms with Crippen molar-refractivity contribution < 1.29 is 14.3 Å². The highest BCUT2D eigenvalue weighted by Gasteiger charge is 2.49. The number of methoxy groups -OCH3 is 1. The molecule has 108 valence electrons. The van der Waals surface area contributed by atoms with Crippen LogP contribution in [0, 0.1) is 11.3 Å².